The summed E-state index contributed by atoms with van der Waals surface area (Å²) < 4.78 is 17.9. The first-order valence-corrected chi connectivity index (χ1v) is 35.7. The summed E-state index contributed by atoms with van der Waals surface area (Å²) in [5.74, 6) is -5.15. The number of esters is 1. The van der Waals surface area contributed by atoms with E-state index in [9.17, 15) is 47.9 Å². The summed E-state index contributed by atoms with van der Waals surface area (Å²) in [7, 11) is 8.56. The normalized spacial score (nSPS) is 16.3. The monoisotopic (exact) mass is 1380 g/mol. The molecule has 1 heterocycles. The summed E-state index contributed by atoms with van der Waals surface area (Å²) >= 11 is 0. The number of ketones is 2. The van der Waals surface area contributed by atoms with Crippen molar-refractivity contribution in [3.63, 3.8) is 0 Å². The number of urea groups is 1. The van der Waals surface area contributed by atoms with Gasteiger partial charge in [-0.15, -0.1) is 0 Å². The minimum Gasteiger partial charge on any atom is -0.426 e. The second-order valence-corrected chi connectivity index (χ2v) is 29.6. The number of nitrogens with zero attached hydrogens (tertiary/aromatic N) is 3. The Labute approximate surface area is 589 Å². The molecule has 1 aliphatic rings. The predicted molar refractivity (Wildman–Crippen MR) is 387 cm³/mol. The summed E-state index contributed by atoms with van der Waals surface area (Å²) in [6.45, 7) is 24.6. The third kappa shape index (κ3) is 27.5. The SMILES string of the molecule is CC[C@H](C)[C@@H]([C@@H](CC(=O)N1CCC[C@H]1[C@H](OC)[C@@H](C)C(=O)N[C@@H](Cc1ccccc1)C(=O)Nc1ccc(CC(=O)Oc2ccc(NC(=O)[C@H](CCCNC(N)=O)CC(=O)[C@@H](NC(=O)CCCCCC(C)(C)C)C(C)C)cc2)cc1)OC)N(C)C(=O)C(CC(=O)[C@H](C(C)C)N(C)C)C(C)C. The maximum Gasteiger partial charge on any atom is 0.315 e. The van der Waals surface area contributed by atoms with E-state index < -0.39 is 83.9 Å². The number of rotatable bonds is 42. The summed E-state index contributed by atoms with van der Waals surface area (Å²) in [6.07, 6.45) is 5.01. The molecule has 0 saturated carbocycles. The zero-order chi connectivity index (χ0) is 73.8. The maximum absolute atomic E-state index is 14.6. The molecule has 1 unspecified atom stereocenters. The molecule has 1 aliphatic heterocycles. The third-order valence-electron chi connectivity index (χ3n) is 19.2. The Kier molecular flexibility index (Phi) is 34.9. The number of nitrogens with one attached hydrogen (secondary N) is 5. The summed E-state index contributed by atoms with van der Waals surface area (Å²) in [5.41, 5.74) is 7.66. The topological polar surface area (TPSA) is 294 Å². The van der Waals surface area contributed by atoms with Crippen LogP contribution in [0.25, 0.3) is 0 Å². The van der Waals surface area contributed by atoms with Gasteiger partial charge in [-0.05, 0) is 129 Å². The highest BCUT2D eigenvalue weighted by atomic mass is 16.5. The fourth-order valence-corrected chi connectivity index (χ4v) is 13.5. The van der Waals surface area contributed by atoms with E-state index in [0.717, 1.165) is 24.8 Å². The van der Waals surface area contributed by atoms with E-state index in [4.69, 9.17) is 19.9 Å². The lowest BCUT2D eigenvalue weighted by Crippen LogP contribution is -2.55. The second kappa shape index (κ2) is 41.2. The Bertz CT molecular complexity index is 3070. The highest BCUT2D eigenvalue weighted by Crippen LogP contribution is 2.32. The van der Waals surface area contributed by atoms with Gasteiger partial charge in [0.25, 0.3) is 0 Å². The van der Waals surface area contributed by atoms with E-state index in [0.29, 0.717) is 62.0 Å². The smallest absolute Gasteiger partial charge is 0.315 e. The molecule has 1 fully saturated rings. The van der Waals surface area contributed by atoms with Gasteiger partial charge in [0.05, 0.1) is 55.1 Å². The number of unbranched alkanes of at least 4 members (excludes halogenated alkanes) is 2. The van der Waals surface area contributed by atoms with Crippen molar-refractivity contribution in [2.45, 2.75) is 222 Å². The van der Waals surface area contributed by atoms with Crippen LogP contribution >= 0.6 is 0 Å². The number of hydrogen-bond acceptors (Lipinski definition) is 14. The molecule has 0 bridgehead atoms. The number of likely N-dealkylation sites (tertiary alicyclic amines) is 1. The highest BCUT2D eigenvalue weighted by Gasteiger charge is 2.44. The van der Waals surface area contributed by atoms with Gasteiger partial charge in [-0.1, -0.05) is 145 Å². The minimum absolute atomic E-state index is 0.0116. The number of carbonyl (C=O) groups is 10. The van der Waals surface area contributed by atoms with Gasteiger partial charge < -0.3 is 56.3 Å². The van der Waals surface area contributed by atoms with Gasteiger partial charge in [0.15, 0.2) is 11.6 Å². The van der Waals surface area contributed by atoms with Crippen molar-refractivity contribution in [2.75, 3.05) is 59.1 Å². The van der Waals surface area contributed by atoms with Crippen molar-refractivity contribution in [1.82, 2.24) is 30.7 Å². The molecule has 0 spiro atoms. The van der Waals surface area contributed by atoms with Crippen LogP contribution in [0.4, 0.5) is 16.2 Å². The molecule has 22 nitrogen and oxygen atoms in total. The fourth-order valence-electron chi connectivity index (χ4n) is 13.5. The molecule has 550 valence electrons. The molecular weight excluding hydrogens is 1260 g/mol. The van der Waals surface area contributed by atoms with E-state index >= 15 is 0 Å². The second-order valence-electron chi connectivity index (χ2n) is 29.6. The average Bonchev–Trinajstić information content (AvgIpc) is 1.77. The van der Waals surface area contributed by atoms with Crippen LogP contribution < -0.4 is 37.1 Å². The number of anilines is 2. The Morgan fingerprint density at radius 1 is 0.677 bits per heavy atom. The lowest BCUT2D eigenvalue weighted by molar-refractivity contribution is -0.149. The third-order valence-corrected chi connectivity index (χ3v) is 19.2. The number of carbonyl (C=O) groups excluding carboxylic acids is 10. The molecule has 22 heteroatoms. The van der Waals surface area contributed by atoms with Gasteiger partial charge in [0.2, 0.25) is 35.4 Å². The molecule has 0 radical (unpaired) electrons. The summed E-state index contributed by atoms with van der Waals surface area (Å²) in [6, 6.07) is 18.3. The van der Waals surface area contributed by atoms with E-state index in [1.165, 1.54) is 19.2 Å². The van der Waals surface area contributed by atoms with Crippen LogP contribution in [-0.4, -0.2) is 165 Å². The Hall–Kier alpha value is -7.56. The number of ether oxygens (including phenoxy) is 3. The molecule has 3 aromatic carbocycles. The van der Waals surface area contributed by atoms with Crippen molar-refractivity contribution in [2.24, 2.45) is 52.6 Å². The van der Waals surface area contributed by atoms with Crippen molar-refractivity contribution in [3.8, 4) is 5.75 Å². The van der Waals surface area contributed by atoms with Crippen molar-refractivity contribution >= 4 is 70.4 Å². The van der Waals surface area contributed by atoms with Gasteiger partial charge in [0.1, 0.15) is 11.8 Å². The Balaban J connectivity index is 1.40. The van der Waals surface area contributed by atoms with E-state index in [-0.39, 0.29) is 115 Å². The predicted octanol–water partition coefficient (Wildman–Crippen LogP) is 10.3. The van der Waals surface area contributed by atoms with Crippen molar-refractivity contribution in [1.29, 1.82) is 0 Å². The van der Waals surface area contributed by atoms with Crippen LogP contribution in [0.1, 0.15) is 178 Å². The lowest BCUT2D eigenvalue weighted by atomic mass is 9.83. The van der Waals surface area contributed by atoms with Crippen LogP contribution in [0, 0.1) is 46.8 Å². The molecular formula is C77H119N9O13. The molecule has 0 aromatic heterocycles. The van der Waals surface area contributed by atoms with Crippen LogP contribution in [0.3, 0.4) is 0 Å². The zero-order valence-corrected chi connectivity index (χ0v) is 62.3. The molecule has 8 amide bonds. The average molecular weight is 1380 g/mol. The number of amides is 8. The van der Waals surface area contributed by atoms with Gasteiger partial charge in [0, 0.05) is 83.3 Å². The van der Waals surface area contributed by atoms with Crippen molar-refractivity contribution < 1.29 is 62.2 Å². The van der Waals surface area contributed by atoms with Crippen LogP contribution in [0.2, 0.25) is 0 Å². The molecule has 99 heavy (non-hydrogen) atoms. The van der Waals surface area contributed by atoms with Gasteiger partial charge >= 0.3 is 12.0 Å². The molecule has 11 atom stereocenters. The zero-order valence-electron chi connectivity index (χ0n) is 62.3. The van der Waals surface area contributed by atoms with Crippen molar-refractivity contribution in [3.05, 3.63) is 90.0 Å². The quantitative estimate of drug-likeness (QED) is 0.0175. The van der Waals surface area contributed by atoms with Gasteiger partial charge in [-0.2, -0.15) is 0 Å². The number of hydrogen-bond donors (Lipinski definition) is 6. The number of nitrogens with two attached hydrogens (primary N) is 1. The fraction of sp³-hybridized carbons (Fsp3) is 0.636. The molecule has 0 aliphatic carbocycles. The number of Topliss-reactive ketones (excluding diaryl/α,β-unsaturated/α-hetero) is 2. The lowest BCUT2D eigenvalue weighted by Gasteiger charge is -2.41. The Morgan fingerprint density at radius 2 is 1.30 bits per heavy atom. The summed E-state index contributed by atoms with van der Waals surface area (Å²) in [5, 5.41) is 14.2. The van der Waals surface area contributed by atoms with E-state index in [2.05, 4.69) is 47.4 Å². The number of likely N-dealkylation sites (N-methyl/N-ethyl adjacent to an activating group) is 2. The molecule has 1 saturated heterocycles. The number of primary amides is 1. The van der Waals surface area contributed by atoms with Crippen LogP contribution in [0.5, 0.6) is 5.75 Å². The van der Waals surface area contributed by atoms with E-state index in [1.54, 1.807) is 67.3 Å². The van der Waals surface area contributed by atoms with Crippen LogP contribution in [0.15, 0.2) is 78.9 Å². The first kappa shape index (κ1) is 83.9. The number of methoxy groups -OCH3 is 2. The van der Waals surface area contributed by atoms with Gasteiger partial charge in [-0.3, -0.25) is 48.1 Å². The first-order chi connectivity index (χ1) is 46.7. The molecule has 7 N–H and O–H groups in total. The highest BCUT2D eigenvalue weighted by molar-refractivity contribution is 5.99. The van der Waals surface area contributed by atoms with E-state index in [1.807, 2.05) is 105 Å². The van der Waals surface area contributed by atoms with Gasteiger partial charge in [-0.25, -0.2) is 4.79 Å². The largest absolute Gasteiger partial charge is 0.426 e. The van der Waals surface area contributed by atoms with Crippen LogP contribution in [-0.2, 0) is 65.5 Å². The standard InChI is InChI=1S/C77H119N9O13/c1-18-51(8)70(85(15)75(95)59(48(2)3)46-63(88)69(50(6)7)84(13)14)64(97-16)47-66(90)86-42-26-30-61(86)71(98-17)52(9)72(92)82-60(43-53-27-21-19-22-28-53)74(94)81-56-34-32-54(33-35-56)44-67(91)99-58-38-36-57(37-39-58)80-73(93)55(29-25-41-79-76(78)96)45-62(87)68(49(4)5)83-65(89)31-23-20-24-40-77(10,11)12/h19,21-22,27-28,32-39,48-52,55,59-61,64,68-71H,18,20,23-26,29-31,40-47H2,1-17H3,(H,80,93)(H,81,94)(H,82,92)(H,83,89)(H3,78,79,96)/t51-,52+,55+,59?,60-,61-,64+,68-,69-,70-,71+/m0/s1. The number of benzene rings is 3. The summed E-state index contributed by atoms with van der Waals surface area (Å²) in [4.78, 5) is 142. The first-order valence-electron chi connectivity index (χ1n) is 35.7. The minimum atomic E-state index is -1.04. The molecule has 4 rings (SSSR count). The Morgan fingerprint density at radius 3 is 1.86 bits per heavy atom. The molecule has 3 aromatic rings. The maximum atomic E-state index is 14.6.